The largest absolute Gasteiger partial charge is 0.397 e. The van der Waals surface area contributed by atoms with E-state index in [9.17, 15) is 15.0 Å². The van der Waals surface area contributed by atoms with Gasteiger partial charge >= 0.3 is 0 Å². The van der Waals surface area contributed by atoms with Crippen LogP contribution in [0, 0.1) is 0 Å². The number of hydrogen-bond acceptors (Lipinski definition) is 5. The van der Waals surface area contributed by atoms with Crippen LogP contribution in [0.4, 0.5) is 5.69 Å². The van der Waals surface area contributed by atoms with E-state index in [1.807, 2.05) is 0 Å². The number of pyridine rings is 1. The SMILES string of the molecule is Nc1cccnc1C(=O)N1CC(O)C(O)C1. The summed E-state index contributed by atoms with van der Waals surface area (Å²) in [6, 6.07) is 3.23. The number of aromatic nitrogens is 1. The monoisotopic (exact) mass is 223 g/mol. The Morgan fingerprint density at radius 1 is 1.44 bits per heavy atom. The van der Waals surface area contributed by atoms with Crippen molar-refractivity contribution in [2.45, 2.75) is 12.2 Å². The first-order valence-electron chi connectivity index (χ1n) is 4.95. The number of hydrogen-bond donors (Lipinski definition) is 3. The summed E-state index contributed by atoms with van der Waals surface area (Å²) in [6.07, 6.45) is -0.310. The number of nitrogen functional groups attached to an aromatic ring is 1. The maximum absolute atomic E-state index is 11.9. The van der Waals surface area contributed by atoms with Gasteiger partial charge in [-0.25, -0.2) is 4.98 Å². The molecule has 1 aliphatic rings. The fourth-order valence-corrected chi connectivity index (χ4v) is 1.68. The Labute approximate surface area is 92.3 Å². The van der Waals surface area contributed by atoms with Crippen molar-refractivity contribution in [2.75, 3.05) is 18.8 Å². The molecule has 2 atom stereocenters. The first-order valence-corrected chi connectivity index (χ1v) is 4.95. The van der Waals surface area contributed by atoms with E-state index in [1.54, 1.807) is 12.1 Å². The molecule has 86 valence electrons. The summed E-state index contributed by atoms with van der Waals surface area (Å²) >= 11 is 0. The fraction of sp³-hybridized carbons (Fsp3) is 0.400. The van der Waals surface area contributed by atoms with E-state index in [0.717, 1.165) is 0 Å². The van der Waals surface area contributed by atoms with Crippen LogP contribution >= 0.6 is 0 Å². The third-order valence-electron chi connectivity index (χ3n) is 2.59. The lowest BCUT2D eigenvalue weighted by Crippen LogP contribution is -2.31. The molecule has 1 aromatic rings. The number of aliphatic hydroxyl groups is 2. The molecule has 2 unspecified atom stereocenters. The molecule has 0 radical (unpaired) electrons. The van der Waals surface area contributed by atoms with Gasteiger partial charge in [0.1, 0.15) is 0 Å². The molecule has 1 fully saturated rings. The Bertz CT molecular complexity index is 400. The number of anilines is 1. The Kier molecular flexibility index (Phi) is 2.76. The molecular weight excluding hydrogens is 210 g/mol. The van der Waals surface area contributed by atoms with Gasteiger partial charge in [0.15, 0.2) is 5.69 Å². The molecular formula is C10H13N3O3. The summed E-state index contributed by atoms with van der Waals surface area (Å²) in [4.78, 5) is 17.2. The van der Waals surface area contributed by atoms with E-state index >= 15 is 0 Å². The molecule has 0 aliphatic carbocycles. The number of likely N-dealkylation sites (tertiary alicyclic amines) is 1. The van der Waals surface area contributed by atoms with E-state index in [0.29, 0.717) is 5.69 Å². The zero-order valence-corrected chi connectivity index (χ0v) is 8.58. The lowest BCUT2D eigenvalue weighted by molar-refractivity contribution is 0.0572. The lowest BCUT2D eigenvalue weighted by atomic mass is 10.3. The zero-order valence-electron chi connectivity index (χ0n) is 8.58. The number of nitrogens with two attached hydrogens (primary N) is 1. The summed E-state index contributed by atoms with van der Waals surface area (Å²) in [7, 11) is 0. The molecule has 1 aromatic heterocycles. The summed E-state index contributed by atoms with van der Waals surface area (Å²) in [5, 5.41) is 18.7. The highest BCUT2D eigenvalue weighted by molar-refractivity contribution is 5.97. The zero-order chi connectivity index (χ0) is 11.7. The van der Waals surface area contributed by atoms with Crippen LogP contribution in [-0.2, 0) is 0 Å². The van der Waals surface area contributed by atoms with Gasteiger partial charge in [0.2, 0.25) is 0 Å². The van der Waals surface area contributed by atoms with Crippen molar-refractivity contribution in [3.63, 3.8) is 0 Å². The van der Waals surface area contributed by atoms with Gasteiger partial charge in [-0.05, 0) is 12.1 Å². The second-order valence-electron chi connectivity index (χ2n) is 3.79. The second kappa shape index (κ2) is 4.07. The molecule has 4 N–H and O–H groups in total. The molecule has 6 nitrogen and oxygen atoms in total. The van der Waals surface area contributed by atoms with Crippen LogP contribution in [0.1, 0.15) is 10.5 Å². The lowest BCUT2D eigenvalue weighted by Gasteiger charge is -2.15. The van der Waals surface area contributed by atoms with Crippen molar-refractivity contribution in [2.24, 2.45) is 0 Å². The Hall–Kier alpha value is -1.66. The third-order valence-corrected chi connectivity index (χ3v) is 2.59. The summed E-state index contributed by atoms with van der Waals surface area (Å²) in [5.74, 6) is -0.367. The van der Waals surface area contributed by atoms with Gasteiger partial charge in [-0.15, -0.1) is 0 Å². The van der Waals surface area contributed by atoms with Crippen molar-refractivity contribution in [3.05, 3.63) is 24.0 Å². The van der Waals surface area contributed by atoms with Crippen molar-refractivity contribution in [1.82, 2.24) is 9.88 Å². The van der Waals surface area contributed by atoms with Gasteiger partial charge in [0.25, 0.3) is 5.91 Å². The Morgan fingerprint density at radius 3 is 2.62 bits per heavy atom. The highest BCUT2D eigenvalue weighted by Crippen LogP contribution is 2.16. The quantitative estimate of drug-likeness (QED) is 0.557. The number of rotatable bonds is 1. The van der Waals surface area contributed by atoms with Gasteiger partial charge in [-0.3, -0.25) is 4.79 Å². The molecule has 2 rings (SSSR count). The number of carbonyl (C=O) groups excluding carboxylic acids is 1. The Morgan fingerprint density at radius 2 is 2.06 bits per heavy atom. The maximum Gasteiger partial charge on any atom is 0.274 e. The highest BCUT2D eigenvalue weighted by atomic mass is 16.3. The van der Waals surface area contributed by atoms with Gasteiger partial charge < -0.3 is 20.8 Å². The highest BCUT2D eigenvalue weighted by Gasteiger charge is 2.33. The van der Waals surface area contributed by atoms with Crippen molar-refractivity contribution >= 4 is 11.6 Å². The van der Waals surface area contributed by atoms with Gasteiger partial charge in [-0.1, -0.05) is 0 Å². The second-order valence-corrected chi connectivity index (χ2v) is 3.79. The standard InChI is InChI=1S/C10H13N3O3/c11-6-2-1-3-12-9(6)10(16)13-4-7(14)8(15)5-13/h1-3,7-8,14-15H,4-5,11H2. The molecule has 1 aliphatic heterocycles. The minimum Gasteiger partial charge on any atom is -0.397 e. The topological polar surface area (TPSA) is 99.7 Å². The minimum atomic E-state index is -0.895. The summed E-state index contributed by atoms with van der Waals surface area (Å²) in [6.45, 7) is 0.214. The summed E-state index contributed by atoms with van der Waals surface area (Å²) in [5.41, 5.74) is 6.07. The Balaban J connectivity index is 2.18. The van der Waals surface area contributed by atoms with E-state index in [1.165, 1.54) is 11.1 Å². The molecule has 0 aromatic carbocycles. The predicted molar refractivity (Wildman–Crippen MR) is 56.6 cm³/mol. The average molecular weight is 223 g/mol. The van der Waals surface area contributed by atoms with E-state index in [2.05, 4.69) is 4.98 Å². The number of carbonyl (C=O) groups is 1. The van der Waals surface area contributed by atoms with Crippen molar-refractivity contribution in [1.29, 1.82) is 0 Å². The van der Waals surface area contributed by atoms with Gasteiger partial charge in [-0.2, -0.15) is 0 Å². The first-order chi connectivity index (χ1) is 7.59. The normalized spacial score (nSPS) is 24.8. The molecule has 1 saturated heterocycles. The summed E-state index contributed by atoms with van der Waals surface area (Å²) < 4.78 is 0. The van der Waals surface area contributed by atoms with E-state index in [4.69, 9.17) is 5.73 Å². The van der Waals surface area contributed by atoms with E-state index in [-0.39, 0.29) is 24.7 Å². The van der Waals surface area contributed by atoms with Gasteiger partial charge in [0.05, 0.1) is 17.9 Å². The molecule has 16 heavy (non-hydrogen) atoms. The number of amides is 1. The molecule has 2 heterocycles. The van der Waals surface area contributed by atoms with Crippen LogP contribution in [0.5, 0.6) is 0 Å². The van der Waals surface area contributed by atoms with E-state index < -0.39 is 12.2 Å². The van der Waals surface area contributed by atoms with Crippen LogP contribution < -0.4 is 5.73 Å². The first kappa shape index (κ1) is 10.8. The fourth-order valence-electron chi connectivity index (χ4n) is 1.68. The number of nitrogens with zero attached hydrogens (tertiary/aromatic N) is 2. The molecule has 0 saturated carbocycles. The average Bonchev–Trinajstić information content (AvgIpc) is 2.59. The maximum atomic E-state index is 11.9. The van der Waals surface area contributed by atoms with Gasteiger partial charge in [0, 0.05) is 19.3 Å². The van der Waals surface area contributed by atoms with Crippen LogP contribution in [0.15, 0.2) is 18.3 Å². The van der Waals surface area contributed by atoms with Crippen molar-refractivity contribution in [3.8, 4) is 0 Å². The minimum absolute atomic E-state index is 0.107. The molecule has 0 spiro atoms. The number of aliphatic hydroxyl groups excluding tert-OH is 2. The molecule has 0 bridgehead atoms. The van der Waals surface area contributed by atoms with Crippen LogP contribution in [0.2, 0.25) is 0 Å². The molecule has 1 amide bonds. The predicted octanol–water partition coefficient (Wildman–Crippen LogP) is -1.16. The van der Waals surface area contributed by atoms with Crippen molar-refractivity contribution < 1.29 is 15.0 Å². The van der Waals surface area contributed by atoms with Crippen LogP contribution in [-0.4, -0.2) is 51.3 Å². The van der Waals surface area contributed by atoms with Crippen LogP contribution in [0.25, 0.3) is 0 Å². The molecule has 6 heteroatoms. The smallest absolute Gasteiger partial charge is 0.274 e. The number of β-amino-alcohol motifs (C(OH)–C–C–N with tert-alkyl or cyclic N) is 2. The van der Waals surface area contributed by atoms with Crippen LogP contribution in [0.3, 0.4) is 0 Å². The third kappa shape index (κ3) is 1.84.